The molecule has 0 aliphatic carbocycles. The number of nitrogens with zero attached hydrogens (tertiary/aromatic N) is 1. The summed E-state index contributed by atoms with van der Waals surface area (Å²) in [7, 11) is 0. The van der Waals surface area contributed by atoms with E-state index in [-0.39, 0.29) is 29.4 Å². The molecule has 0 atom stereocenters. The van der Waals surface area contributed by atoms with Gasteiger partial charge in [-0.15, -0.1) is 0 Å². The van der Waals surface area contributed by atoms with E-state index in [9.17, 15) is 20.1 Å². The third-order valence-electron chi connectivity index (χ3n) is 3.10. The van der Waals surface area contributed by atoms with Crippen LogP contribution in [0, 0.1) is 0 Å². The topological polar surface area (TPSA) is 117 Å². The smallest absolute Gasteiger partial charge is 0.271 e. The molecule has 0 unspecified atom stereocenters. The minimum absolute atomic E-state index is 0.0167. The minimum Gasteiger partial charge on any atom is -0.505 e. The molecule has 0 saturated heterocycles. The quantitative estimate of drug-likeness (QED) is 0.622. The van der Waals surface area contributed by atoms with E-state index >= 15 is 0 Å². The van der Waals surface area contributed by atoms with Crippen LogP contribution in [0.5, 0.6) is 5.75 Å². The highest BCUT2D eigenvalue weighted by molar-refractivity contribution is 6.35. The molecule has 0 fully saturated rings. The van der Waals surface area contributed by atoms with E-state index in [0.29, 0.717) is 10.9 Å². The van der Waals surface area contributed by atoms with Crippen molar-refractivity contribution < 1.29 is 20.1 Å². The van der Waals surface area contributed by atoms with Gasteiger partial charge in [-0.2, -0.15) is 0 Å². The van der Waals surface area contributed by atoms with Crippen LogP contribution in [0.1, 0.15) is 22.0 Å². The molecule has 0 radical (unpaired) electrons. The molecule has 0 bridgehead atoms. The molecule has 1 heterocycles. The number of carbonyl (C=O) groups excluding carboxylic acids is 1. The maximum Gasteiger partial charge on any atom is 0.271 e. The number of hydrogen-bond donors (Lipinski definition) is 4. The van der Waals surface area contributed by atoms with E-state index in [1.54, 1.807) is 18.2 Å². The number of aromatic nitrogens is 1. The zero-order valence-corrected chi connectivity index (χ0v) is 11.1. The Morgan fingerprint density at radius 3 is 2.55 bits per heavy atom. The number of aliphatic hydroxyl groups excluding tert-OH is 2. The van der Waals surface area contributed by atoms with Crippen LogP contribution in [0.2, 0.25) is 5.15 Å². The fraction of sp³-hybridized carbons (Fsp3) is 0.231. The molecule has 1 aromatic heterocycles. The number of benzene rings is 1. The monoisotopic (exact) mass is 296 g/mol. The zero-order valence-electron chi connectivity index (χ0n) is 10.4. The lowest BCUT2D eigenvalue weighted by Gasteiger charge is -2.16. The van der Waals surface area contributed by atoms with Gasteiger partial charge in [-0.25, -0.2) is 4.98 Å². The van der Waals surface area contributed by atoms with Gasteiger partial charge >= 0.3 is 0 Å². The van der Waals surface area contributed by atoms with Crippen LogP contribution in [0.3, 0.4) is 0 Å². The third-order valence-corrected chi connectivity index (χ3v) is 3.39. The predicted octanol–water partition coefficient (Wildman–Crippen LogP) is 0.761. The molecule has 2 aromatic rings. The lowest BCUT2D eigenvalue weighted by Crippen LogP contribution is -2.15. The molecule has 20 heavy (non-hydrogen) atoms. The van der Waals surface area contributed by atoms with Gasteiger partial charge in [-0.05, 0) is 5.56 Å². The van der Waals surface area contributed by atoms with E-state index in [0.717, 1.165) is 0 Å². The van der Waals surface area contributed by atoms with Crippen molar-refractivity contribution in [3.05, 3.63) is 34.6 Å². The molecule has 0 aliphatic heterocycles. The van der Waals surface area contributed by atoms with E-state index in [1.165, 1.54) is 0 Å². The van der Waals surface area contributed by atoms with Gasteiger partial charge in [-0.3, -0.25) is 4.79 Å². The Balaban J connectivity index is 2.87. The third kappa shape index (κ3) is 2.29. The average molecular weight is 297 g/mol. The second-order valence-electron chi connectivity index (χ2n) is 4.30. The number of aromatic hydroxyl groups is 1. The lowest BCUT2D eigenvalue weighted by atomic mass is 9.94. The minimum atomic E-state index is -0.911. The largest absolute Gasteiger partial charge is 0.505 e. The van der Waals surface area contributed by atoms with Crippen LogP contribution in [0.15, 0.2) is 18.2 Å². The fourth-order valence-corrected chi connectivity index (χ4v) is 2.34. The Morgan fingerprint density at radius 1 is 1.35 bits per heavy atom. The first-order valence-electron chi connectivity index (χ1n) is 5.83. The first kappa shape index (κ1) is 14.5. The Labute approximate surface area is 119 Å². The Morgan fingerprint density at radius 2 is 2.00 bits per heavy atom. The van der Waals surface area contributed by atoms with E-state index in [2.05, 4.69) is 4.98 Å². The summed E-state index contributed by atoms with van der Waals surface area (Å²) in [4.78, 5) is 15.0. The summed E-state index contributed by atoms with van der Waals surface area (Å²) in [5, 5.41) is 29.5. The number of hydrogen-bond acceptors (Lipinski definition) is 5. The maximum atomic E-state index is 11.3. The zero-order chi connectivity index (χ0) is 14.9. The molecule has 106 valence electrons. The molecule has 7 heteroatoms. The maximum absolute atomic E-state index is 11.3. The van der Waals surface area contributed by atoms with Gasteiger partial charge in [0.2, 0.25) is 0 Å². The molecule has 6 nitrogen and oxygen atoms in total. The summed E-state index contributed by atoms with van der Waals surface area (Å²) in [6.45, 7) is -0.637. The van der Waals surface area contributed by atoms with Crippen molar-refractivity contribution in [2.24, 2.45) is 5.73 Å². The van der Waals surface area contributed by atoms with Crippen molar-refractivity contribution >= 4 is 28.3 Å². The van der Waals surface area contributed by atoms with Crippen LogP contribution in [0.25, 0.3) is 10.8 Å². The van der Waals surface area contributed by atoms with E-state index in [4.69, 9.17) is 17.3 Å². The summed E-state index contributed by atoms with van der Waals surface area (Å²) in [5.74, 6) is -1.92. The number of halogens is 1. The molecule has 5 N–H and O–H groups in total. The molecule has 0 spiro atoms. The van der Waals surface area contributed by atoms with Gasteiger partial charge in [-0.1, -0.05) is 29.8 Å². The number of rotatable bonds is 4. The van der Waals surface area contributed by atoms with Gasteiger partial charge in [0.05, 0.1) is 13.2 Å². The molecular weight excluding hydrogens is 284 g/mol. The first-order chi connectivity index (χ1) is 9.51. The van der Waals surface area contributed by atoms with Crippen molar-refractivity contribution in [3.8, 4) is 5.75 Å². The Kier molecular flexibility index (Phi) is 4.08. The van der Waals surface area contributed by atoms with Crippen molar-refractivity contribution in [2.45, 2.75) is 5.92 Å². The predicted molar refractivity (Wildman–Crippen MR) is 73.8 cm³/mol. The highest BCUT2D eigenvalue weighted by atomic mass is 35.5. The molecule has 0 aliphatic rings. The first-order valence-corrected chi connectivity index (χ1v) is 6.21. The number of fused-ring (bicyclic) bond motifs is 1. The van der Waals surface area contributed by atoms with Crippen molar-refractivity contribution in [3.63, 3.8) is 0 Å². The second kappa shape index (κ2) is 5.62. The van der Waals surface area contributed by atoms with Gasteiger partial charge in [0, 0.05) is 16.7 Å². The van der Waals surface area contributed by atoms with Crippen LogP contribution in [0.4, 0.5) is 0 Å². The van der Waals surface area contributed by atoms with E-state index < -0.39 is 17.6 Å². The molecular formula is C13H13ClN2O4. The average Bonchev–Trinajstić information content (AvgIpc) is 2.43. The second-order valence-corrected chi connectivity index (χ2v) is 4.65. The van der Waals surface area contributed by atoms with Gasteiger partial charge < -0.3 is 21.1 Å². The lowest BCUT2D eigenvalue weighted by molar-refractivity contribution is 0.0993. The number of carbonyl (C=O) groups is 1. The van der Waals surface area contributed by atoms with Crippen LogP contribution in [-0.4, -0.2) is 39.4 Å². The van der Waals surface area contributed by atoms with Gasteiger partial charge in [0.1, 0.15) is 5.15 Å². The Bertz CT molecular complexity index is 671. The number of primary amides is 1. The standard InChI is InChI=1S/C13H13ClN2O4/c14-12-8-3-1-2-7(6(4-17)5-18)9(8)11(19)10(16-12)13(15)20/h1-3,6,17-19H,4-5H2,(H2,15,20). The summed E-state index contributed by atoms with van der Waals surface area (Å²) in [6, 6.07) is 4.90. The van der Waals surface area contributed by atoms with Gasteiger partial charge in [0.25, 0.3) is 5.91 Å². The van der Waals surface area contributed by atoms with Crippen molar-refractivity contribution in [1.29, 1.82) is 0 Å². The molecule has 2 rings (SSSR count). The fourth-order valence-electron chi connectivity index (χ4n) is 2.10. The summed E-state index contributed by atoms with van der Waals surface area (Å²) < 4.78 is 0. The van der Waals surface area contributed by atoms with Crippen molar-refractivity contribution in [1.82, 2.24) is 4.98 Å². The van der Waals surface area contributed by atoms with Crippen molar-refractivity contribution in [2.75, 3.05) is 13.2 Å². The molecule has 0 saturated carbocycles. The van der Waals surface area contributed by atoms with Gasteiger partial charge in [0.15, 0.2) is 11.4 Å². The SMILES string of the molecule is NC(=O)c1nc(Cl)c2cccc(C(CO)CO)c2c1O. The number of amides is 1. The summed E-state index contributed by atoms with van der Waals surface area (Å²) in [5.41, 5.74) is 5.27. The highest BCUT2D eigenvalue weighted by Crippen LogP contribution is 2.37. The number of pyridine rings is 1. The van der Waals surface area contributed by atoms with E-state index in [1.807, 2.05) is 0 Å². The Hall–Kier alpha value is -1.89. The number of nitrogens with two attached hydrogens (primary N) is 1. The molecule has 1 amide bonds. The summed E-state index contributed by atoms with van der Waals surface area (Å²) in [6.07, 6.45) is 0. The highest BCUT2D eigenvalue weighted by Gasteiger charge is 2.21. The number of aliphatic hydroxyl groups is 2. The normalized spacial score (nSPS) is 11.2. The van der Waals surface area contributed by atoms with Crippen LogP contribution >= 0.6 is 11.6 Å². The van der Waals surface area contributed by atoms with Crippen LogP contribution < -0.4 is 5.73 Å². The van der Waals surface area contributed by atoms with Crippen LogP contribution in [-0.2, 0) is 0 Å². The molecule has 1 aromatic carbocycles. The summed E-state index contributed by atoms with van der Waals surface area (Å²) >= 11 is 5.99.